The highest BCUT2D eigenvalue weighted by molar-refractivity contribution is 5.75. The van der Waals surface area contributed by atoms with Gasteiger partial charge in [-0.15, -0.1) is 0 Å². The number of carbonyl (C=O) groups is 1. The average Bonchev–Trinajstić information content (AvgIpc) is 2.35. The van der Waals surface area contributed by atoms with Crippen molar-refractivity contribution in [2.45, 2.75) is 12.5 Å². The van der Waals surface area contributed by atoms with Gasteiger partial charge in [0.25, 0.3) is 0 Å². The van der Waals surface area contributed by atoms with Crippen molar-refractivity contribution in [2.24, 2.45) is 5.11 Å². The summed E-state index contributed by atoms with van der Waals surface area (Å²) in [4.78, 5) is 13.6. The van der Waals surface area contributed by atoms with Crippen molar-refractivity contribution >= 4 is 5.97 Å². The molecule has 0 aliphatic heterocycles. The van der Waals surface area contributed by atoms with E-state index in [1.165, 1.54) is 18.2 Å². The van der Waals surface area contributed by atoms with Crippen molar-refractivity contribution in [1.82, 2.24) is 5.32 Å². The van der Waals surface area contributed by atoms with Gasteiger partial charge in [-0.3, -0.25) is 4.79 Å². The van der Waals surface area contributed by atoms with Gasteiger partial charge in [0.2, 0.25) is 0 Å². The molecule has 6 nitrogen and oxygen atoms in total. The molecule has 1 aromatic carbocycles. The third kappa shape index (κ3) is 4.04. The largest absolute Gasteiger partial charge is 0.480 e. The summed E-state index contributed by atoms with van der Waals surface area (Å²) in [7, 11) is 0. The van der Waals surface area contributed by atoms with E-state index in [0.29, 0.717) is 13.0 Å². The summed E-state index contributed by atoms with van der Waals surface area (Å²) in [6.45, 7) is 0.595. The van der Waals surface area contributed by atoms with E-state index in [4.69, 9.17) is 10.6 Å². The van der Waals surface area contributed by atoms with Gasteiger partial charge >= 0.3 is 5.97 Å². The second kappa shape index (κ2) is 7.26. The first-order valence-corrected chi connectivity index (χ1v) is 5.38. The highest BCUT2D eigenvalue weighted by Gasteiger charge is 2.21. The van der Waals surface area contributed by atoms with Crippen molar-refractivity contribution in [3.63, 3.8) is 0 Å². The Morgan fingerprint density at radius 1 is 1.56 bits per heavy atom. The van der Waals surface area contributed by atoms with E-state index >= 15 is 0 Å². The van der Waals surface area contributed by atoms with Crippen LogP contribution in [0.25, 0.3) is 10.4 Å². The van der Waals surface area contributed by atoms with E-state index in [2.05, 4.69) is 15.3 Å². The molecule has 0 fully saturated rings. The molecule has 0 amide bonds. The molecule has 7 heteroatoms. The lowest BCUT2D eigenvalue weighted by Crippen LogP contribution is -2.30. The number of carboxylic acids is 1. The highest BCUT2D eigenvalue weighted by Crippen LogP contribution is 2.16. The molecule has 0 radical (unpaired) electrons. The molecule has 96 valence electrons. The lowest BCUT2D eigenvalue weighted by Gasteiger charge is -2.15. The molecule has 1 atom stereocenters. The Morgan fingerprint density at radius 3 is 2.89 bits per heavy atom. The first-order chi connectivity index (χ1) is 8.66. The van der Waals surface area contributed by atoms with Crippen LogP contribution in [-0.4, -0.2) is 24.2 Å². The van der Waals surface area contributed by atoms with Crippen molar-refractivity contribution in [1.29, 1.82) is 0 Å². The van der Waals surface area contributed by atoms with Crippen molar-refractivity contribution < 1.29 is 14.3 Å². The number of halogens is 1. The quantitative estimate of drug-likeness (QED) is 0.337. The second-order valence-corrected chi connectivity index (χ2v) is 3.55. The Labute approximate surface area is 103 Å². The predicted octanol–water partition coefficient (Wildman–Crippen LogP) is 2.24. The minimum atomic E-state index is -1.15. The maximum Gasteiger partial charge on any atom is 0.325 e. The molecule has 0 spiro atoms. The van der Waals surface area contributed by atoms with Crippen molar-refractivity contribution in [3.05, 3.63) is 46.1 Å². The zero-order chi connectivity index (χ0) is 13.4. The maximum atomic E-state index is 13.5. The summed E-state index contributed by atoms with van der Waals surface area (Å²) in [6, 6.07) is 4.62. The van der Waals surface area contributed by atoms with E-state index in [1.54, 1.807) is 6.07 Å². The molecule has 1 unspecified atom stereocenters. The molecule has 0 saturated heterocycles. The van der Waals surface area contributed by atoms with E-state index in [9.17, 15) is 9.18 Å². The van der Waals surface area contributed by atoms with E-state index in [-0.39, 0.29) is 12.1 Å². The Bertz CT molecular complexity index is 460. The number of nitrogens with one attached hydrogen (secondary N) is 1. The number of aliphatic carboxylic acids is 1. The summed E-state index contributed by atoms with van der Waals surface area (Å²) in [5.74, 6) is -1.71. The first-order valence-electron chi connectivity index (χ1n) is 5.38. The van der Waals surface area contributed by atoms with Crippen LogP contribution in [0.2, 0.25) is 0 Å². The van der Waals surface area contributed by atoms with Gasteiger partial charge in [-0.1, -0.05) is 23.3 Å². The Kier molecular flexibility index (Phi) is 5.63. The van der Waals surface area contributed by atoms with Crippen LogP contribution >= 0.6 is 0 Å². The van der Waals surface area contributed by atoms with Gasteiger partial charge in [-0.25, -0.2) is 4.39 Å². The zero-order valence-electron chi connectivity index (χ0n) is 9.58. The van der Waals surface area contributed by atoms with Gasteiger partial charge in [-0.2, -0.15) is 0 Å². The fraction of sp³-hybridized carbons (Fsp3) is 0.364. The minimum Gasteiger partial charge on any atom is -0.480 e. The summed E-state index contributed by atoms with van der Waals surface area (Å²) >= 11 is 0. The average molecular weight is 252 g/mol. The molecule has 18 heavy (non-hydrogen) atoms. The molecule has 0 saturated carbocycles. The molecule has 0 aliphatic rings. The molecular formula is C11H13FN4O2. The summed E-state index contributed by atoms with van der Waals surface area (Å²) in [5, 5.41) is 15.1. The SMILES string of the molecule is [N-]=[N+]=NCCCNC(C(=O)O)c1ccccc1F. The number of benzene rings is 1. The molecule has 0 aromatic heterocycles. The van der Waals surface area contributed by atoms with E-state index in [0.717, 1.165) is 0 Å². The van der Waals surface area contributed by atoms with Gasteiger partial charge in [0, 0.05) is 17.0 Å². The maximum absolute atomic E-state index is 13.5. The summed E-state index contributed by atoms with van der Waals surface area (Å²) < 4.78 is 13.5. The minimum absolute atomic E-state index is 0.0915. The summed E-state index contributed by atoms with van der Waals surface area (Å²) in [5.41, 5.74) is 8.16. The predicted molar refractivity (Wildman–Crippen MR) is 63.4 cm³/mol. The number of carboxylic acid groups (broad SMARTS) is 1. The zero-order valence-corrected chi connectivity index (χ0v) is 9.58. The molecule has 0 bridgehead atoms. The molecule has 1 aromatic rings. The van der Waals surface area contributed by atoms with Crippen LogP contribution in [0.1, 0.15) is 18.0 Å². The Morgan fingerprint density at radius 2 is 2.28 bits per heavy atom. The Hall–Kier alpha value is -2.11. The molecule has 1 rings (SSSR count). The first kappa shape index (κ1) is 14.0. The van der Waals surface area contributed by atoms with Gasteiger partial charge in [0.1, 0.15) is 11.9 Å². The number of azide groups is 1. The smallest absolute Gasteiger partial charge is 0.325 e. The normalized spacial score (nSPS) is 11.6. The van der Waals surface area contributed by atoms with Crippen LogP contribution in [0.15, 0.2) is 29.4 Å². The number of hydrogen-bond acceptors (Lipinski definition) is 3. The van der Waals surface area contributed by atoms with Crippen LogP contribution in [0, 0.1) is 5.82 Å². The molecule has 2 N–H and O–H groups in total. The molecule has 0 aliphatic carbocycles. The van der Waals surface area contributed by atoms with Gasteiger partial charge in [0.15, 0.2) is 0 Å². The van der Waals surface area contributed by atoms with Gasteiger partial charge in [-0.05, 0) is 24.6 Å². The highest BCUT2D eigenvalue weighted by atomic mass is 19.1. The fourth-order valence-electron chi connectivity index (χ4n) is 1.48. The van der Waals surface area contributed by atoms with Crippen LogP contribution < -0.4 is 5.32 Å². The third-order valence-electron chi connectivity index (χ3n) is 2.31. The number of nitrogens with zero attached hydrogens (tertiary/aromatic N) is 3. The van der Waals surface area contributed by atoms with Crippen LogP contribution in [0.5, 0.6) is 0 Å². The molecular weight excluding hydrogens is 239 g/mol. The van der Waals surface area contributed by atoms with E-state index in [1.807, 2.05) is 0 Å². The van der Waals surface area contributed by atoms with Gasteiger partial charge in [0.05, 0.1) is 0 Å². The second-order valence-electron chi connectivity index (χ2n) is 3.55. The van der Waals surface area contributed by atoms with Crippen molar-refractivity contribution in [2.75, 3.05) is 13.1 Å². The lowest BCUT2D eigenvalue weighted by molar-refractivity contribution is -0.139. The summed E-state index contributed by atoms with van der Waals surface area (Å²) in [6.07, 6.45) is 0.488. The fourth-order valence-corrected chi connectivity index (χ4v) is 1.48. The Balaban J connectivity index is 2.64. The third-order valence-corrected chi connectivity index (χ3v) is 2.31. The van der Waals surface area contributed by atoms with Gasteiger partial charge < -0.3 is 10.4 Å². The number of rotatable bonds is 7. The topological polar surface area (TPSA) is 98.1 Å². The number of hydrogen-bond donors (Lipinski definition) is 2. The lowest BCUT2D eigenvalue weighted by atomic mass is 10.1. The van der Waals surface area contributed by atoms with Crippen molar-refractivity contribution in [3.8, 4) is 0 Å². The monoisotopic (exact) mass is 252 g/mol. The van der Waals surface area contributed by atoms with Crippen LogP contribution in [0.3, 0.4) is 0 Å². The van der Waals surface area contributed by atoms with E-state index < -0.39 is 17.8 Å². The van der Waals surface area contributed by atoms with Crippen LogP contribution in [0.4, 0.5) is 4.39 Å². The molecule has 0 heterocycles. The standard InChI is InChI=1S/C11H13FN4O2/c12-9-5-2-1-4-8(9)10(11(17)18)14-6-3-7-15-16-13/h1-2,4-5,10,14H,3,6-7H2,(H,17,18). The van der Waals surface area contributed by atoms with Crippen LogP contribution in [-0.2, 0) is 4.79 Å².